The first-order valence-electron chi connectivity index (χ1n) is 13.8. The Morgan fingerprint density at radius 2 is 1.86 bits per heavy atom. The highest BCUT2D eigenvalue weighted by molar-refractivity contribution is 5.27. The molecule has 3 unspecified atom stereocenters. The molecule has 0 spiro atoms. The summed E-state index contributed by atoms with van der Waals surface area (Å²) in [5.41, 5.74) is 2.75. The van der Waals surface area contributed by atoms with E-state index in [0.717, 1.165) is 76.5 Å². The third-order valence-electron chi connectivity index (χ3n) is 8.98. The molecule has 0 amide bonds. The zero-order valence-electron chi connectivity index (χ0n) is 22.3. The first-order chi connectivity index (χ1) is 17.4. The summed E-state index contributed by atoms with van der Waals surface area (Å²) in [4.78, 5) is 7.96. The second kappa shape index (κ2) is 11.2. The van der Waals surface area contributed by atoms with Crippen molar-refractivity contribution < 1.29 is 9.13 Å². The Balaban J connectivity index is 1.27. The molecule has 0 bridgehead atoms. The summed E-state index contributed by atoms with van der Waals surface area (Å²) < 4.78 is 19.7. The Morgan fingerprint density at radius 1 is 1.08 bits per heavy atom. The number of benzene rings is 2. The fourth-order valence-electron chi connectivity index (χ4n) is 6.79. The van der Waals surface area contributed by atoms with E-state index in [1.807, 2.05) is 18.2 Å². The first-order valence-corrected chi connectivity index (χ1v) is 13.8. The topological polar surface area (TPSA) is 31.0 Å². The third-order valence-corrected chi connectivity index (χ3v) is 8.98. The van der Waals surface area contributed by atoms with Crippen LogP contribution >= 0.6 is 0 Å². The van der Waals surface area contributed by atoms with Crippen molar-refractivity contribution in [2.45, 2.75) is 57.3 Å². The lowest BCUT2D eigenvalue weighted by atomic mass is 9.83. The van der Waals surface area contributed by atoms with E-state index in [9.17, 15) is 4.39 Å². The summed E-state index contributed by atoms with van der Waals surface area (Å²) in [5, 5.41) is 3.56. The molecule has 3 aliphatic rings. The maximum absolute atomic E-state index is 14.4. The highest BCUT2D eigenvalue weighted by Gasteiger charge is 2.42. The van der Waals surface area contributed by atoms with Gasteiger partial charge in [-0.2, -0.15) is 0 Å². The van der Waals surface area contributed by atoms with Gasteiger partial charge in [-0.05, 0) is 94.1 Å². The standard InChI is InChI=1S/C30H43FN4O/c1-23-20-34(30(2)13-14-32-22-30)17-18-35(23)29(26-5-4-6-27(31)19-26)25-11-15-33(16-12-25)21-24-7-9-28(36-3)10-8-24/h4-10,19,23,25,29,32H,11-18,20-22H2,1-3H3. The molecule has 6 heteroatoms. The molecular formula is C30H43FN4O. The lowest BCUT2D eigenvalue weighted by molar-refractivity contribution is -0.0227. The van der Waals surface area contributed by atoms with Gasteiger partial charge in [0.2, 0.25) is 0 Å². The number of nitrogens with zero attached hydrogens (tertiary/aromatic N) is 3. The predicted molar refractivity (Wildman–Crippen MR) is 144 cm³/mol. The third kappa shape index (κ3) is 5.62. The maximum Gasteiger partial charge on any atom is 0.123 e. The fraction of sp³-hybridized carbons (Fsp3) is 0.600. The van der Waals surface area contributed by atoms with Crippen molar-refractivity contribution >= 4 is 0 Å². The summed E-state index contributed by atoms with van der Waals surface area (Å²) in [6, 6.07) is 16.6. The zero-order chi connectivity index (χ0) is 25.1. The van der Waals surface area contributed by atoms with Gasteiger partial charge < -0.3 is 10.1 Å². The fourth-order valence-corrected chi connectivity index (χ4v) is 6.79. The molecule has 3 aliphatic heterocycles. The van der Waals surface area contributed by atoms with Gasteiger partial charge in [0.05, 0.1) is 7.11 Å². The van der Waals surface area contributed by atoms with E-state index in [-0.39, 0.29) is 17.4 Å². The molecule has 0 saturated carbocycles. The minimum absolute atomic E-state index is 0.120. The van der Waals surface area contributed by atoms with Crippen molar-refractivity contribution in [1.29, 1.82) is 0 Å². The van der Waals surface area contributed by atoms with E-state index in [1.165, 1.54) is 12.0 Å². The number of hydrogen-bond donors (Lipinski definition) is 1. The second-order valence-corrected chi connectivity index (χ2v) is 11.4. The molecule has 3 fully saturated rings. The number of piperidine rings is 1. The molecule has 5 nitrogen and oxygen atoms in total. The molecule has 36 heavy (non-hydrogen) atoms. The molecule has 196 valence electrons. The summed E-state index contributed by atoms with van der Waals surface area (Å²) in [5.74, 6) is 1.32. The van der Waals surface area contributed by atoms with E-state index in [1.54, 1.807) is 19.2 Å². The van der Waals surface area contributed by atoms with Gasteiger partial charge in [-0.15, -0.1) is 0 Å². The molecule has 2 aromatic carbocycles. The van der Waals surface area contributed by atoms with Gasteiger partial charge in [-0.1, -0.05) is 24.3 Å². The van der Waals surface area contributed by atoms with E-state index >= 15 is 0 Å². The van der Waals surface area contributed by atoms with E-state index in [0.29, 0.717) is 12.0 Å². The van der Waals surface area contributed by atoms with Crippen LogP contribution in [0, 0.1) is 11.7 Å². The van der Waals surface area contributed by atoms with Crippen LogP contribution in [-0.4, -0.2) is 79.2 Å². The molecule has 3 heterocycles. The Morgan fingerprint density at radius 3 is 2.50 bits per heavy atom. The summed E-state index contributed by atoms with van der Waals surface area (Å²) in [6.45, 7) is 13.4. The Labute approximate surface area is 216 Å². The highest BCUT2D eigenvalue weighted by atomic mass is 19.1. The number of ether oxygens (including phenoxy) is 1. The molecular weight excluding hydrogens is 451 g/mol. The highest BCUT2D eigenvalue weighted by Crippen LogP contribution is 2.39. The SMILES string of the molecule is COc1ccc(CN2CCC(C(c3cccc(F)c3)N3CCN(C4(C)CCNC4)CC3C)CC2)cc1. The van der Waals surface area contributed by atoms with Gasteiger partial charge in [-0.3, -0.25) is 14.7 Å². The van der Waals surface area contributed by atoms with E-state index < -0.39 is 0 Å². The Kier molecular flexibility index (Phi) is 7.96. The van der Waals surface area contributed by atoms with Crippen LogP contribution in [0.1, 0.15) is 50.3 Å². The molecule has 0 radical (unpaired) electrons. The van der Waals surface area contributed by atoms with Crippen LogP contribution in [0.5, 0.6) is 5.75 Å². The van der Waals surface area contributed by atoms with Crippen molar-refractivity contribution in [1.82, 2.24) is 20.0 Å². The monoisotopic (exact) mass is 494 g/mol. The van der Waals surface area contributed by atoms with Crippen LogP contribution in [0.4, 0.5) is 4.39 Å². The van der Waals surface area contributed by atoms with Crippen molar-refractivity contribution in [3.8, 4) is 5.75 Å². The normalized spacial score (nSPS) is 27.8. The number of nitrogens with one attached hydrogen (secondary N) is 1. The van der Waals surface area contributed by atoms with Crippen molar-refractivity contribution in [3.63, 3.8) is 0 Å². The lowest BCUT2D eigenvalue weighted by Crippen LogP contribution is -2.61. The van der Waals surface area contributed by atoms with Crippen molar-refractivity contribution in [3.05, 3.63) is 65.5 Å². The van der Waals surface area contributed by atoms with Gasteiger partial charge in [-0.25, -0.2) is 4.39 Å². The van der Waals surface area contributed by atoms with Gasteiger partial charge in [0.25, 0.3) is 0 Å². The number of likely N-dealkylation sites (tertiary alicyclic amines) is 1. The molecule has 3 saturated heterocycles. The van der Waals surface area contributed by atoms with Gasteiger partial charge >= 0.3 is 0 Å². The van der Waals surface area contributed by atoms with E-state index in [4.69, 9.17) is 4.74 Å². The number of rotatable bonds is 7. The Bertz CT molecular complexity index is 985. The average molecular weight is 495 g/mol. The lowest BCUT2D eigenvalue weighted by Gasteiger charge is -2.51. The quantitative estimate of drug-likeness (QED) is 0.611. The number of methoxy groups -OCH3 is 1. The van der Waals surface area contributed by atoms with Crippen LogP contribution in [0.15, 0.2) is 48.5 Å². The van der Waals surface area contributed by atoms with Gasteiger partial charge in [0, 0.05) is 50.3 Å². The molecule has 2 aromatic rings. The number of piperazine rings is 1. The van der Waals surface area contributed by atoms with Crippen molar-refractivity contribution in [2.24, 2.45) is 5.92 Å². The van der Waals surface area contributed by atoms with Gasteiger partial charge in [0.1, 0.15) is 11.6 Å². The minimum Gasteiger partial charge on any atom is -0.497 e. The van der Waals surface area contributed by atoms with Crippen LogP contribution in [0.3, 0.4) is 0 Å². The summed E-state index contributed by atoms with van der Waals surface area (Å²) in [6.07, 6.45) is 3.51. The molecule has 1 N–H and O–H groups in total. The minimum atomic E-state index is -0.120. The molecule has 5 rings (SSSR count). The van der Waals surface area contributed by atoms with E-state index in [2.05, 4.69) is 52.1 Å². The summed E-state index contributed by atoms with van der Waals surface area (Å²) >= 11 is 0. The average Bonchev–Trinajstić information content (AvgIpc) is 3.34. The number of hydrogen-bond acceptors (Lipinski definition) is 5. The van der Waals surface area contributed by atoms with Crippen LogP contribution in [0.25, 0.3) is 0 Å². The zero-order valence-corrected chi connectivity index (χ0v) is 22.3. The number of halogens is 1. The van der Waals surface area contributed by atoms with Crippen molar-refractivity contribution in [2.75, 3.05) is 52.9 Å². The first kappa shape index (κ1) is 25.7. The van der Waals surface area contributed by atoms with Crippen LogP contribution in [0.2, 0.25) is 0 Å². The van der Waals surface area contributed by atoms with Crippen LogP contribution in [-0.2, 0) is 6.54 Å². The Hall–Kier alpha value is -1.99. The van der Waals surface area contributed by atoms with Gasteiger partial charge in [0.15, 0.2) is 0 Å². The largest absolute Gasteiger partial charge is 0.497 e. The molecule has 0 aliphatic carbocycles. The molecule has 3 atom stereocenters. The predicted octanol–water partition coefficient (Wildman–Crippen LogP) is 4.55. The summed E-state index contributed by atoms with van der Waals surface area (Å²) in [7, 11) is 1.71. The molecule has 0 aromatic heterocycles. The smallest absolute Gasteiger partial charge is 0.123 e. The maximum atomic E-state index is 14.4. The van der Waals surface area contributed by atoms with Crippen LogP contribution < -0.4 is 10.1 Å². The second-order valence-electron chi connectivity index (χ2n) is 11.4.